The van der Waals surface area contributed by atoms with Crippen molar-refractivity contribution in [1.29, 1.82) is 0 Å². The molecule has 0 aliphatic rings. The van der Waals surface area contributed by atoms with E-state index in [1.165, 1.54) is 37.9 Å². The highest BCUT2D eigenvalue weighted by Crippen LogP contribution is 2.27. The van der Waals surface area contributed by atoms with Crippen molar-refractivity contribution < 1.29 is 4.42 Å². The first-order chi connectivity index (χ1) is 24.2. The second-order valence-electron chi connectivity index (χ2n) is 11.9. The van der Waals surface area contributed by atoms with E-state index in [0.29, 0.717) is 5.88 Å². The summed E-state index contributed by atoms with van der Waals surface area (Å²) >= 11 is 1.65. The first kappa shape index (κ1) is 35.4. The van der Waals surface area contributed by atoms with Crippen LogP contribution in [-0.4, -0.2) is 0 Å². The van der Waals surface area contributed by atoms with Gasteiger partial charge in [0.05, 0.1) is 22.7 Å². The van der Waals surface area contributed by atoms with Gasteiger partial charge in [-0.2, -0.15) is 10.2 Å². The van der Waals surface area contributed by atoms with Gasteiger partial charge in [-0.3, -0.25) is 0 Å². The zero-order valence-corrected chi connectivity index (χ0v) is 30.0. The molecule has 7 aromatic rings. The number of fused-ring (bicyclic) bond motifs is 1. The van der Waals surface area contributed by atoms with Crippen LogP contribution >= 0.6 is 11.3 Å². The molecule has 0 N–H and O–H groups in total. The molecule has 0 bridgehead atoms. The lowest BCUT2D eigenvalue weighted by atomic mass is 10.1. The van der Waals surface area contributed by atoms with E-state index in [-0.39, 0.29) is 0 Å². The number of rotatable bonds is 6. The van der Waals surface area contributed by atoms with Crippen LogP contribution in [0.4, 0.5) is 33.6 Å². The minimum absolute atomic E-state index is 0.535. The normalized spacial score (nSPS) is 11.2. The molecule has 2 heterocycles. The van der Waals surface area contributed by atoms with E-state index >= 15 is 0 Å². The third-order valence-corrected chi connectivity index (χ3v) is 8.23. The highest BCUT2D eigenvalue weighted by atomic mass is 32.1. The summed E-state index contributed by atoms with van der Waals surface area (Å²) in [6.45, 7) is 12.2. The minimum atomic E-state index is 0.535. The van der Waals surface area contributed by atoms with E-state index in [1.807, 2.05) is 111 Å². The lowest BCUT2D eigenvalue weighted by Crippen LogP contribution is -1.75. The van der Waals surface area contributed by atoms with Gasteiger partial charge in [-0.05, 0) is 119 Å². The average Bonchev–Trinajstić information content (AvgIpc) is 3.75. The quantitative estimate of drug-likeness (QED) is 0.161. The lowest BCUT2D eigenvalue weighted by Gasteiger charge is -2.00. The van der Waals surface area contributed by atoms with Crippen LogP contribution in [-0.2, 0) is 0 Å². The first-order valence-corrected chi connectivity index (χ1v) is 17.1. The lowest BCUT2D eigenvalue weighted by molar-refractivity contribution is 0.540. The van der Waals surface area contributed by atoms with Crippen molar-refractivity contribution in [1.82, 2.24) is 0 Å². The molecule has 50 heavy (non-hydrogen) atoms. The van der Waals surface area contributed by atoms with Crippen LogP contribution in [0.3, 0.4) is 0 Å². The number of thiophene rings is 1. The Kier molecular flexibility index (Phi) is 12.4. The van der Waals surface area contributed by atoms with Crippen LogP contribution in [0.2, 0.25) is 0 Å². The number of benzene rings is 5. The highest BCUT2D eigenvalue weighted by Gasteiger charge is 1.98. The molecule has 0 atom stereocenters. The zero-order chi connectivity index (χ0) is 35.3. The van der Waals surface area contributed by atoms with Crippen LogP contribution in [0.1, 0.15) is 32.9 Å². The van der Waals surface area contributed by atoms with Crippen molar-refractivity contribution in [3.8, 4) is 0 Å². The maximum atomic E-state index is 5.27. The number of hydrogen-bond donors (Lipinski definition) is 0. The van der Waals surface area contributed by atoms with Crippen LogP contribution < -0.4 is 0 Å². The van der Waals surface area contributed by atoms with Gasteiger partial charge < -0.3 is 4.42 Å². The molecule has 0 saturated carbocycles. The summed E-state index contributed by atoms with van der Waals surface area (Å²) in [5.41, 5.74) is 8.42. The molecule has 0 aliphatic carbocycles. The fourth-order valence-electron chi connectivity index (χ4n) is 4.53. The molecular formula is C42H40N6OS. The Morgan fingerprint density at radius 3 is 1.36 bits per heavy atom. The van der Waals surface area contributed by atoms with Gasteiger partial charge in [0, 0.05) is 10.9 Å². The monoisotopic (exact) mass is 676 g/mol. The van der Waals surface area contributed by atoms with Gasteiger partial charge in [0.1, 0.15) is 10.8 Å². The minimum Gasteiger partial charge on any atom is -0.442 e. The predicted molar refractivity (Wildman–Crippen MR) is 207 cm³/mol. The summed E-state index contributed by atoms with van der Waals surface area (Å²) in [5.74, 6) is 1.38. The van der Waals surface area contributed by atoms with Crippen LogP contribution in [0, 0.1) is 41.5 Å². The molecule has 0 spiro atoms. The molecule has 7 rings (SSSR count). The van der Waals surface area contributed by atoms with Crippen molar-refractivity contribution in [3.63, 3.8) is 0 Å². The number of azo groups is 3. The summed E-state index contributed by atoms with van der Waals surface area (Å²) in [4.78, 5) is 1.26. The average molecular weight is 677 g/mol. The molecule has 0 aliphatic heterocycles. The van der Waals surface area contributed by atoms with Crippen molar-refractivity contribution in [3.05, 3.63) is 166 Å². The van der Waals surface area contributed by atoms with Crippen LogP contribution in [0.5, 0.6) is 0 Å². The Hall–Kier alpha value is -5.86. The third kappa shape index (κ3) is 11.4. The molecule has 2 aromatic heterocycles. The van der Waals surface area contributed by atoms with Gasteiger partial charge in [-0.15, -0.1) is 31.8 Å². The summed E-state index contributed by atoms with van der Waals surface area (Å²) in [5, 5.41) is 28.3. The molecule has 8 heteroatoms. The predicted octanol–water partition coefficient (Wildman–Crippen LogP) is 15.0. The maximum absolute atomic E-state index is 5.27. The molecule has 0 amide bonds. The van der Waals surface area contributed by atoms with Crippen molar-refractivity contribution in [2.45, 2.75) is 41.5 Å². The maximum Gasteiger partial charge on any atom is 0.238 e. The van der Waals surface area contributed by atoms with Gasteiger partial charge in [0.15, 0.2) is 0 Å². The summed E-state index contributed by atoms with van der Waals surface area (Å²) < 4.78 is 5.27. The second kappa shape index (κ2) is 17.5. The first-order valence-electron chi connectivity index (χ1n) is 16.3. The Balaban J connectivity index is 0.000000148. The van der Waals surface area contributed by atoms with E-state index in [0.717, 1.165) is 33.5 Å². The van der Waals surface area contributed by atoms with Crippen molar-refractivity contribution >= 4 is 55.7 Å². The molecule has 7 nitrogen and oxygen atoms in total. The van der Waals surface area contributed by atoms with E-state index in [2.05, 4.69) is 88.7 Å². The standard InChI is InChI=1S/C18H16N2.C12H12N2O.C12H12N2S/c1-13-4-8-17(9-5-13)19-20-18-10-7-15-11-14(2)3-6-16(15)12-18;2*1-9-3-6-11(7-4-9)13-14-12-8-5-10(2)15-12/h3-12H,1-2H3;2*3-8H,1-2H3. The Morgan fingerprint density at radius 1 is 0.380 bits per heavy atom. The van der Waals surface area contributed by atoms with Crippen LogP contribution in [0.25, 0.3) is 10.8 Å². The number of hydrogen-bond acceptors (Lipinski definition) is 8. The molecule has 250 valence electrons. The van der Waals surface area contributed by atoms with Gasteiger partial charge in [0.2, 0.25) is 5.88 Å². The molecule has 5 aromatic carbocycles. The van der Waals surface area contributed by atoms with E-state index < -0.39 is 0 Å². The molecule has 0 saturated heterocycles. The fourth-order valence-corrected chi connectivity index (χ4v) is 5.21. The molecule has 0 unspecified atom stereocenters. The van der Waals surface area contributed by atoms with Gasteiger partial charge >= 0.3 is 0 Å². The number of aryl methyl sites for hydroxylation is 6. The Labute approximate surface area is 297 Å². The van der Waals surface area contributed by atoms with Gasteiger partial charge in [-0.1, -0.05) is 82.9 Å². The number of furan rings is 1. The summed E-state index contributed by atoms with van der Waals surface area (Å²) in [6.07, 6.45) is 0. The summed E-state index contributed by atoms with van der Waals surface area (Å²) in [7, 11) is 0. The Morgan fingerprint density at radius 2 is 0.840 bits per heavy atom. The largest absolute Gasteiger partial charge is 0.442 e. The van der Waals surface area contributed by atoms with Crippen molar-refractivity contribution in [2.75, 3.05) is 0 Å². The second-order valence-corrected chi connectivity index (χ2v) is 13.2. The number of nitrogens with zero attached hydrogens (tertiary/aromatic N) is 6. The molecule has 0 radical (unpaired) electrons. The van der Waals surface area contributed by atoms with E-state index in [1.54, 1.807) is 17.4 Å². The van der Waals surface area contributed by atoms with Gasteiger partial charge in [-0.25, -0.2) is 0 Å². The Bertz CT molecular complexity index is 2120. The highest BCUT2D eigenvalue weighted by molar-refractivity contribution is 7.15. The topological polar surface area (TPSA) is 87.3 Å². The molecular weight excluding hydrogens is 637 g/mol. The smallest absolute Gasteiger partial charge is 0.238 e. The summed E-state index contributed by atoms with van der Waals surface area (Å²) in [6, 6.07) is 44.2. The third-order valence-electron chi connectivity index (χ3n) is 7.34. The zero-order valence-electron chi connectivity index (χ0n) is 29.2. The SMILES string of the molecule is Cc1ccc(N=Nc2ccc(C)o2)cc1.Cc1ccc(N=Nc2ccc(C)s2)cc1.Cc1ccc(N=Nc2ccc3cc(C)ccc3c2)cc1. The van der Waals surface area contributed by atoms with E-state index in [4.69, 9.17) is 4.42 Å². The van der Waals surface area contributed by atoms with Gasteiger partial charge in [0.25, 0.3) is 0 Å². The fraction of sp³-hybridized carbons (Fsp3) is 0.143. The van der Waals surface area contributed by atoms with E-state index in [9.17, 15) is 0 Å². The van der Waals surface area contributed by atoms with Crippen molar-refractivity contribution in [2.24, 2.45) is 30.7 Å². The molecule has 0 fully saturated rings. The van der Waals surface area contributed by atoms with Crippen LogP contribution in [0.15, 0.2) is 169 Å².